The molecule has 1 fully saturated rings. The maximum absolute atomic E-state index is 12.1. The third-order valence-electron chi connectivity index (χ3n) is 4.76. The van der Waals surface area contributed by atoms with Crippen LogP contribution in [0.4, 0.5) is 0 Å². The molecule has 0 radical (unpaired) electrons. The quantitative estimate of drug-likeness (QED) is 0.632. The lowest BCUT2D eigenvalue weighted by Gasteiger charge is -2.32. The first-order valence-electron chi connectivity index (χ1n) is 7.87. The van der Waals surface area contributed by atoms with E-state index >= 15 is 0 Å². The van der Waals surface area contributed by atoms with E-state index in [1.807, 2.05) is 57.3 Å². The summed E-state index contributed by atoms with van der Waals surface area (Å²) in [4.78, 5) is 13.1. The lowest BCUT2D eigenvalue weighted by atomic mass is 9.77. The van der Waals surface area contributed by atoms with E-state index in [9.17, 15) is 4.79 Å². The first-order chi connectivity index (χ1) is 11.2. The number of carbonyl (C=O) groups excluding carboxylic acids is 1. The Labute approximate surface area is 146 Å². The van der Waals surface area contributed by atoms with Gasteiger partial charge < -0.3 is 14.0 Å². The van der Waals surface area contributed by atoms with Gasteiger partial charge in [0, 0.05) is 10.4 Å². The summed E-state index contributed by atoms with van der Waals surface area (Å²) in [5, 5.41) is 1.98. The molecule has 1 aliphatic rings. The van der Waals surface area contributed by atoms with Crippen LogP contribution in [-0.2, 0) is 14.0 Å². The van der Waals surface area contributed by atoms with Gasteiger partial charge in [0.15, 0.2) is 0 Å². The normalized spacial score (nSPS) is 18.6. The molecule has 0 amide bonds. The highest BCUT2D eigenvalue weighted by Crippen LogP contribution is 2.37. The Bertz CT molecular complexity index is 736. The largest absolute Gasteiger partial charge is 0.494 e. The summed E-state index contributed by atoms with van der Waals surface area (Å²) in [6.45, 7) is 8.10. The number of thiophene rings is 1. The highest BCUT2D eigenvalue weighted by Gasteiger charge is 2.51. The molecule has 0 aliphatic carbocycles. The first kappa shape index (κ1) is 17.2. The van der Waals surface area contributed by atoms with Crippen LogP contribution >= 0.6 is 11.3 Å². The van der Waals surface area contributed by atoms with Crippen molar-refractivity contribution in [2.45, 2.75) is 38.9 Å². The summed E-state index contributed by atoms with van der Waals surface area (Å²) in [5.74, 6) is -0.348. The van der Waals surface area contributed by atoms with Crippen molar-refractivity contribution in [3.63, 3.8) is 0 Å². The average Bonchev–Trinajstić information content (AvgIpc) is 3.13. The van der Waals surface area contributed by atoms with Crippen LogP contribution in [0.3, 0.4) is 0 Å². The minimum absolute atomic E-state index is 0.348. The molecule has 0 atom stereocenters. The molecule has 1 saturated heterocycles. The molecular formula is C18H21BO4S. The Morgan fingerprint density at radius 1 is 1.12 bits per heavy atom. The van der Waals surface area contributed by atoms with Crippen LogP contribution in [0.1, 0.15) is 38.1 Å². The van der Waals surface area contributed by atoms with E-state index in [4.69, 9.17) is 14.0 Å². The standard InChI is InChI=1S/C18H21BO4S/c1-17(2)18(3,4)23-19(22-17)12-8-9-13(16(20)21-5)14(11-12)15-7-6-10-24-15/h6-11H,1-5H3. The minimum Gasteiger partial charge on any atom is -0.465 e. The van der Waals surface area contributed by atoms with Crippen molar-refractivity contribution in [3.8, 4) is 10.4 Å². The third kappa shape index (κ3) is 2.90. The van der Waals surface area contributed by atoms with Crippen LogP contribution < -0.4 is 5.46 Å². The van der Waals surface area contributed by atoms with E-state index in [2.05, 4.69) is 0 Å². The summed E-state index contributed by atoms with van der Waals surface area (Å²) >= 11 is 1.58. The molecular weight excluding hydrogens is 323 g/mol. The van der Waals surface area contributed by atoms with Crippen LogP contribution in [0.25, 0.3) is 10.4 Å². The molecule has 0 saturated carbocycles. The number of hydrogen-bond acceptors (Lipinski definition) is 5. The van der Waals surface area contributed by atoms with Crippen LogP contribution in [0, 0.1) is 0 Å². The molecule has 0 bridgehead atoms. The van der Waals surface area contributed by atoms with Crippen LogP contribution in [0.15, 0.2) is 35.7 Å². The van der Waals surface area contributed by atoms with E-state index in [1.165, 1.54) is 7.11 Å². The Hall–Kier alpha value is -1.63. The van der Waals surface area contributed by atoms with Gasteiger partial charge in [0.05, 0.1) is 23.9 Å². The summed E-state index contributed by atoms with van der Waals surface area (Å²) in [5.41, 5.74) is 1.47. The first-order valence-corrected chi connectivity index (χ1v) is 8.75. The fraction of sp³-hybridized carbons (Fsp3) is 0.389. The molecule has 126 valence electrons. The van der Waals surface area contributed by atoms with Gasteiger partial charge in [-0.05, 0) is 50.7 Å². The predicted octanol–water partition coefficient (Wildman–Crippen LogP) is 3.50. The molecule has 6 heteroatoms. The van der Waals surface area contributed by atoms with Gasteiger partial charge in [0.25, 0.3) is 0 Å². The zero-order valence-electron chi connectivity index (χ0n) is 14.6. The Morgan fingerprint density at radius 3 is 2.33 bits per heavy atom. The smallest absolute Gasteiger partial charge is 0.465 e. The molecule has 1 aromatic carbocycles. The molecule has 0 spiro atoms. The van der Waals surface area contributed by atoms with Crippen LogP contribution in [0.2, 0.25) is 0 Å². The SMILES string of the molecule is COC(=O)c1ccc(B2OC(C)(C)C(C)(C)O2)cc1-c1cccs1. The molecule has 0 N–H and O–H groups in total. The minimum atomic E-state index is -0.458. The highest BCUT2D eigenvalue weighted by atomic mass is 32.1. The Morgan fingerprint density at radius 2 is 1.79 bits per heavy atom. The Kier molecular flexibility index (Phi) is 4.32. The number of methoxy groups -OCH3 is 1. The van der Waals surface area contributed by atoms with Gasteiger partial charge in [-0.25, -0.2) is 4.79 Å². The van der Waals surface area contributed by atoms with E-state index in [-0.39, 0.29) is 5.97 Å². The molecule has 3 rings (SSSR count). The third-order valence-corrected chi connectivity index (χ3v) is 5.66. The lowest BCUT2D eigenvalue weighted by Crippen LogP contribution is -2.41. The van der Waals surface area contributed by atoms with Gasteiger partial charge >= 0.3 is 13.1 Å². The molecule has 2 heterocycles. The molecule has 1 aliphatic heterocycles. The number of ether oxygens (including phenoxy) is 1. The monoisotopic (exact) mass is 344 g/mol. The number of esters is 1. The Balaban J connectivity index is 2.03. The zero-order chi connectivity index (χ0) is 17.5. The summed E-state index contributed by atoms with van der Waals surface area (Å²) in [6, 6.07) is 9.55. The number of carbonyl (C=O) groups is 1. The number of hydrogen-bond donors (Lipinski definition) is 0. The molecule has 4 nitrogen and oxygen atoms in total. The highest BCUT2D eigenvalue weighted by molar-refractivity contribution is 7.13. The second kappa shape index (κ2) is 6.03. The topological polar surface area (TPSA) is 44.8 Å². The summed E-state index contributed by atoms with van der Waals surface area (Å²) in [6.07, 6.45) is 0. The molecule has 2 aromatic rings. The van der Waals surface area contributed by atoms with Gasteiger partial charge in [-0.2, -0.15) is 0 Å². The average molecular weight is 344 g/mol. The predicted molar refractivity (Wildman–Crippen MR) is 96.8 cm³/mol. The fourth-order valence-electron chi connectivity index (χ4n) is 2.61. The second-order valence-corrected chi connectivity index (χ2v) is 7.81. The van der Waals surface area contributed by atoms with Gasteiger partial charge in [-0.15, -0.1) is 11.3 Å². The second-order valence-electron chi connectivity index (χ2n) is 6.86. The summed E-state index contributed by atoms with van der Waals surface area (Å²) in [7, 11) is 0.934. The number of benzene rings is 1. The maximum atomic E-state index is 12.1. The van der Waals surface area contributed by atoms with Gasteiger partial charge in [0.1, 0.15) is 0 Å². The van der Waals surface area contributed by atoms with Crippen LogP contribution in [-0.4, -0.2) is 31.4 Å². The fourth-order valence-corrected chi connectivity index (χ4v) is 3.37. The van der Waals surface area contributed by atoms with E-state index in [0.717, 1.165) is 15.9 Å². The van der Waals surface area contributed by atoms with Crippen molar-refractivity contribution < 1.29 is 18.8 Å². The van der Waals surface area contributed by atoms with Crippen molar-refractivity contribution in [2.75, 3.05) is 7.11 Å². The molecule has 1 aromatic heterocycles. The molecule has 24 heavy (non-hydrogen) atoms. The van der Waals surface area contributed by atoms with Crippen molar-refractivity contribution in [3.05, 3.63) is 41.3 Å². The number of rotatable bonds is 3. The van der Waals surface area contributed by atoms with E-state index in [0.29, 0.717) is 5.56 Å². The van der Waals surface area contributed by atoms with Crippen molar-refractivity contribution in [1.82, 2.24) is 0 Å². The van der Waals surface area contributed by atoms with Gasteiger partial charge in [-0.1, -0.05) is 18.2 Å². The van der Waals surface area contributed by atoms with Gasteiger partial charge in [0.2, 0.25) is 0 Å². The molecule has 0 unspecified atom stereocenters. The van der Waals surface area contributed by atoms with Gasteiger partial charge in [-0.3, -0.25) is 0 Å². The lowest BCUT2D eigenvalue weighted by molar-refractivity contribution is 0.00578. The zero-order valence-corrected chi connectivity index (χ0v) is 15.4. The summed E-state index contributed by atoms with van der Waals surface area (Å²) < 4.78 is 17.1. The van der Waals surface area contributed by atoms with E-state index in [1.54, 1.807) is 17.4 Å². The van der Waals surface area contributed by atoms with Crippen LogP contribution in [0.5, 0.6) is 0 Å². The maximum Gasteiger partial charge on any atom is 0.494 e. The van der Waals surface area contributed by atoms with E-state index < -0.39 is 18.3 Å². The van der Waals surface area contributed by atoms with Crippen molar-refractivity contribution in [1.29, 1.82) is 0 Å². The van der Waals surface area contributed by atoms with Crippen molar-refractivity contribution in [2.24, 2.45) is 0 Å². The van der Waals surface area contributed by atoms with Crippen molar-refractivity contribution >= 4 is 29.9 Å².